The number of carbonyl (C=O) groups excluding carboxylic acids is 2. The first kappa shape index (κ1) is 17.2. The maximum atomic E-state index is 12.0. The average molecular weight is 321 g/mol. The Morgan fingerprint density at radius 3 is 3.00 bits per heavy atom. The topological polar surface area (TPSA) is 79.9 Å². The highest BCUT2D eigenvalue weighted by atomic mass is 16.5. The van der Waals surface area contributed by atoms with Gasteiger partial charge in [0.15, 0.2) is 6.61 Å². The van der Waals surface area contributed by atoms with Crippen molar-refractivity contribution in [1.82, 2.24) is 10.6 Å². The van der Waals surface area contributed by atoms with Gasteiger partial charge < -0.3 is 25.0 Å². The normalized spacial score (nSPS) is 13.4. The number of hydrogen-bond donors (Lipinski definition) is 2. The molecule has 2 rings (SSSR count). The number of rotatable bonds is 9. The van der Waals surface area contributed by atoms with Crippen molar-refractivity contribution in [2.75, 3.05) is 51.4 Å². The van der Waals surface area contributed by atoms with Crippen molar-refractivity contribution in [3.8, 4) is 5.75 Å². The van der Waals surface area contributed by atoms with Crippen molar-refractivity contribution in [3.63, 3.8) is 0 Å². The summed E-state index contributed by atoms with van der Waals surface area (Å²) in [4.78, 5) is 25.3. The van der Waals surface area contributed by atoms with Gasteiger partial charge in [-0.05, 0) is 18.6 Å². The first-order chi connectivity index (χ1) is 11.2. The molecule has 0 unspecified atom stereocenters. The van der Waals surface area contributed by atoms with Crippen molar-refractivity contribution >= 4 is 17.5 Å². The van der Waals surface area contributed by atoms with Gasteiger partial charge in [-0.15, -0.1) is 0 Å². The lowest BCUT2D eigenvalue weighted by Crippen LogP contribution is -2.41. The largest absolute Gasteiger partial charge is 0.482 e. The fourth-order valence-electron chi connectivity index (χ4n) is 2.30. The molecule has 2 N–H and O–H groups in total. The van der Waals surface area contributed by atoms with Crippen molar-refractivity contribution in [2.45, 2.75) is 6.42 Å². The van der Waals surface area contributed by atoms with E-state index in [1.165, 1.54) is 0 Å². The van der Waals surface area contributed by atoms with Crippen molar-refractivity contribution in [2.24, 2.45) is 0 Å². The van der Waals surface area contributed by atoms with E-state index in [1.54, 1.807) is 12.0 Å². The van der Waals surface area contributed by atoms with Gasteiger partial charge in [-0.1, -0.05) is 12.1 Å². The van der Waals surface area contributed by atoms with Crippen LogP contribution in [0, 0.1) is 0 Å². The second kappa shape index (κ2) is 9.12. The number of hydrogen-bond acceptors (Lipinski definition) is 5. The number of ether oxygens (including phenoxy) is 2. The van der Waals surface area contributed by atoms with E-state index < -0.39 is 0 Å². The van der Waals surface area contributed by atoms with E-state index in [0.29, 0.717) is 32.7 Å². The summed E-state index contributed by atoms with van der Waals surface area (Å²) < 4.78 is 10.3. The van der Waals surface area contributed by atoms with E-state index in [2.05, 4.69) is 10.6 Å². The third-order valence-electron chi connectivity index (χ3n) is 3.46. The lowest BCUT2D eigenvalue weighted by atomic mass is 10.2. The fourth-order valence-corrected chi connectivity index (χ4v) is 2.30. The van der Waals surface area contributed by atoms with Crippen LogP contribution in [0.3, 0.4) is 0 Å². The number of nitrogens with one attached hydrogen (secondary N) is 2. The molecule has 7 nitrogen and oxygen atoms in total. The van der Waals surface area contributed by atoms with Crippen LogP contribution in [0.2, 0.25) is 0 Å². The SMILES string of the molecule is COCCNCC(=O)NCCCN1C(=O)COc2ccccc21. The third kappa shape index (κ3) is 5.22. The maximum absolute atomic E-state index is 12.0. The summed E-state index contributed by atoms with van der Waals surface area (Å²) in [5, 5.41) is 5.80. The molecule has 1 aromatic rings. The fraction of sp³-hybridized carbons (Fsp3) is 0.500. The Kier molecular flexibility index (Phi) is 6.83. The Morgan fingerprint density at radius 1 is 1.35 bits per heavy atom. The van der Waals surface area contributed by atoms with Crippen LogP contribution in [-0.2, 0) is 14.3 Å². The van der Waals surface area contributed by atoms with Crippen LogP contribution in [0.5, 0.6) is 5.75 Å². The molecule has 7 heteroatoms. The van der Waals surface area contributed by atoms with Gasteiger partial charge in [0, 0.05) is 26.7 Å². The van der Waals surface area contributed by atoms with Crippen molar-refractivity contribution < 1.29 is 19.1 Å². The minimum Gasteiger partial charge on any atom is -0.482 e. The highest BCUT2D eigenvalue weighted by Gasteiger charge is 2.24. The molecule has 0 saturated carbocycles. The van der Waals surface area contributed by atoms with Crippen LogP contribution in [0.4, 0.5) is 5.69 Å². The number of fused-ring (bicyclic) bond motifs is 1. The summed E-state index contributed by atoms with van der Waals surface area (Å²) in [6, 6.07) is 7.47. The maximum Gasteiger partial charge on any atom is 0.265 e. The standard InChI is InChI=1S/C16H23N3O4/c1-22-10-8-17-11-15(20)18-7-4-9-19-13-5-2-3-6-14(13)23-12-16(19)21/h2-3,5-6,17H,4,7-12H2,1H3,(H,18,20). The highest BCUT2D eigenvalue weighted by Crippen LogP contribution is 2.31. The molecule has 0 atom stereocenters. The number of nitrogens with zero attached hydrogens (tertiary/aromatic N) is 1. The molecule has 2 amide bonds. The third-order valence-corrected chi connectivity index (χ3v) is 3.46. The predicted octanol–water partition coefficient (Wildman–Crippen LogP) is 0.154. The molecule has 0 aliphatic carbocycles. The molecule has 0 spiro atoms. The molecule has 1 aromatic carbocycles. The zero-order chi connectivity index (χ0) is 16.5. The van der Waals surface area contributed by atoms with Gasteiger partial charge in [0.2, 0.25) is 5.91 Å². The summed E-state index contributed by atoms with van der Waals surface area (Å²) in [6.45, 7) is 2.62. The van der Waals surface area contributed by atoms with Crippen molar-refractivity contribution in [1.29, 1.82) is 0 Å². The summed E-state index contributed by atoms with van der Waals surface area (Å²) in [5.41, 5.74) is 0.788. The van der Waals surface area contributed by atoms with Gasteiger partial charge in [-0.3, -0.25) is 9.59 Å². The monoisotopic (exact) mass is 321 g/mol. The minimum absolute atomic E-state index is 0.0590. The number of benzene rings is 1. The Morgan fingerprint density at radius 2 is 2.17 bits per heavy atom. The Balaban J connectivity index is 1.70. The van der Waals surface area contributed by atoms with Crippen LogP contribution in [0.15, 0.2) is 24.3 Å². The first-order valence-electron chi connectivity index (χ1n) is 7.71. The Bertz CT molecular complexity index is 536. The second-order valence-corrected chi connectivity index (χ2v) is 5.17. The van der Waals surface area contributed by atoms with Gasteiger partial charge in [-0.25, -0.2) is 0 Å². The molecule has 0 saturated heterocycles. The van der Waals surface area contributed by atoms with Gasteiger partial charge in [0.1, 0.15) is 5.75 Å². The zero-order valence-electron chi connectivity index (χ0n) is 13.3. The number of anilines is 1. The van der Waals surface area contributed by atoms with Gasteiger partial charge in [-0.2, -0.15) is 0 Å². The average Bonchev–Trinajstić information content (AvgIpc) is 2.57. The van der Waals surface area contributed by atoms with Crippen LogP contribution in [0.1, 0.15) is 6.42 Å². The molecular weight excluding hydrogens is 298 g/mol. The summed E-state index contributed by atoms with van der Waals surface area (Å²) in [7, 11) is 1.62. The minimum atomic E-state index is -0.0604. The molecule has 0 fully saturated rings. The predicted molar refractivity (Wildman–Crippen MR) is 86.7 cm³/mol. The molecule has 1 aliphatic heterocycles. The molecule has 0 bridgehead atoms. The van der Waals surface area contributed by atoms with E-state index in [-0.39, 0.29) is 25.0 Å². The Hall–Kier alpha value is -2.12. The molecule has 1 heterocycles. The second-order valence-electron chi connectivity index (χ2n) is 5.17. The quantitative estimate of drug-likeness (QED) is 0.633. The van der Waals surface area contributed by atoms with E-state index in [1.807, 2.05) is 24.3 Å². The molecule has 0 radical (unpaired) electrons. The van der Waals surface area contributed by atoms with Gasteiger partial charge >= 0.3 is 0 Å². The molecule has 0 aromatic heterocycles. The van der Waals surface area contributed by atoms with E-state index in [9.17, 15) is 9.59 Å². The lowest BCUT2D eigenvalue weighted by molar-refractivity contribution is -0.121. The number of amides is 2. The van der Waals surface area contributed by atoms with Crippen LogP contribution < -0.4 is 20.3 Å². The number of carbonyl (C=O) groups is 2. The van der Waals surface area contributed by atoms with E-state index >= 15 is 0 Å². The highest BCUT2D eigenvalue weighted by molar-refractivity contribution is 5.97. The molecule has 126 valence electrons. The summed E-state index contributed by atoms with van der Waals surface area (Å²) in [5.74, 6) is 0.601. The van der Waals surface area contributed by atoms with Gasteiger partial charge in [0.05, 0.1) is 18.8 Å². The van der Waals surface area contributed by atoms with E-state index in [0.717, 1.165) is 11.4 Å². The molecule has 23 heavy (non-hydrogen) atoms. The Labute approximate surface area is 135 Å². The van der Waals surface area contributed by atoms with Crippen LogP contribution in [0.25, 0.3) is 0 Å². The van der Waals surface area contributed by atoms with Gasteiger partial charge in [0.25, 0.3) is 5.91 Å². The van der Waals surface area contributed by atoms with E-state index in [4.69, 9.17) is 9.47 Å². The number of para-hydroxylation sites is 2. The summed E-state index contributed by atoms with van der Waals surface area (Å²) >= 11 is 0. The summed E-state index contributed by atoms with van der Waals surface area (Å²) in [6.07, 6.45) is 0.684. The smallest absolute Gasteiger partial charge is 0.265 e. The van der Waals surface area contributed by atoms with Crippen LogP contribution >= 0.6 is 0 Å². The molecular formula is C16H23N3O4. The lowest BCUT2D eigenvalue weighted by Gasteiger charge is -2.29. The first-order valence-corrected chi connectivity index (χ1v) is 7.71. The number of methoxy groups -OCH3 is 1. The van der Waals surface area contributed by atoms with Crippen molar-refractivity contribution in [3.05, 3.63) is 24.3 Å². The zero-order valence-corrected chi connectivity index (χ0v) is 13.3. The van der Waals surface area contributed by atoms with Crippen LogP contribution in [-0.4, -0.2) is 58.3 Å². The molecule has 1 aliphatic rings.